The normalized spacial score (nSPS) is 25.3. The third kappa shape index (κ3) is 4.81. The highest BCUT2D eigenvalue weighted by molar-refractivity contribution is 4.79. The summed E-state index contributed by atoms with van der Waals surface area (Å²) >= 11 is 0. The van der Waals surface area contributed by atoms with Crippen LogP contribution in [0.25, 0.3) is 0 Å². The highest BCUT2D eigenvalue weighted by atomic mass is 16.3. The molecule has 3 N–H and O–H groups in total. The van der Waals surface area contributed by atoms with Crippen molar-refractivity contribution < 1.29 is 5.11 Å². The fourth-order valence-electron chi connectivity index (χ4n) is 2.17. The molecule has 3 heteroatoms. The highest BCUT2D eigenvalue weighted by Crippen LogP contribution is 2.29. The molecule has 0 amide bonds. The van der Waals surface area contributed by atoms with Crippen LogP contribution in [0.2, 0.25) is 0 Å². The third-order valence-corrected chi connectivity index (χ3v) is 3.84. The minimum Gasteiger partial charge on any atom is -0.389 e. The van der Waals surface area contributed by atoms with E-state index in [0.29, 0.717) is 12.0 Å². The summed E-state index contributed by atoms with van der Waals surface area (Å²) in [6.45, 7) is 10.4. The Morgan fingerprint density at radius 2 is 1.88 bits per heavy atom. The van der Waals surface area contributed by atoms with E-state index in [1.165, 1.54) is 25.9 Å². The zero-order valence-electron chi connectivity index (χ0n) is 11.1. The van der Waals surface area contributed by atoms with Crippen LogP contribution in [0.5, 0.6) is 0 Å². The average Bonchev–Trinajstić information content (AvgIpc) is 2.20. The van der Waals surface area contributed by atoms with Gasteiger partial charge in [-0.05, 0) is 57.7 Å². The lowest BCUT2D eigenvalue weighted by Gasteiger charge is -2.37. The van der Waals surface area contributed by atoms with Gasteiger partial charge >= 0.3 is 0 Å². The molecule has 1 rings (SSSR count). The Bertz CT molecular complexity index is 204. The summed E-state index contributed by atoms with van der Waals surface area (Å²) in [4.78, 5) is 2.51. The average molecular weight is 228 g/mol. The number of hydrogen-bond donors (Lipinski definition) is 2. The van der Waals surface area contributed by atoms with Crippen LogP contribution in [0.15, 0.2) is 0 Å². The van der Waals surface area contributed by atoms with Crippen molar-refractivity contribution in [3.63, 3.8) is 0 Å². The number of aliphatic hydroxyl groups is 1. The largest absolute Gasteiger partial charge is 0.389 e. The number of likely N-dealkylation sites (tertiary alicyclic amines) is 1. The van der Waals surface area contributed by atoms with E-state index in [9.17, 15) is 5.11 Å². The molecular weight excluding hydrogens is 200 g/mol. The number of nitrogens with two attached hydrogens (primary N) is 1. The van der Waals surface area contributed by atoms with Gasteiger partial charge in [0, 0.05) is 6.54 Å². The zero-order valence-corrected chi connectivity index (χ0v) is 11.1. The molecular formula is C13H28N2O. The van der Waals surface area contributed by atoms with E-state index in [1.54, 1.807) is 0 Å². The Hall–Kier alpha value is -0.120. The van der Waals surface area contributed by atoms with Gasteiger partial charge in [0.2, 0.25) is 0 Å². The van der Waals surface area contributed by atoms with Crippen LogP contribution in [-0.4, -0.2) is 41.8 Å². The maximum absolute atomic E-state index is 9.79. The molecule has 0 bridgehead atoms. The predicted octanol–water partition coefficient (Wildman–Crippen LogP) is 1.60. The molecule has 1 unspecified atom stereocenters. The number of nitrogens with zero attached hydrogens (tertiary/aromatic N) is 1. The molecule has 0 spiro atoms. The van der Waals surface area contributed by atoms with Crippen LogP contribution in [0.4, 0.5) is 0 Å². The monoisotopic (exact) mass is 228 g/mol. The van der Waals surface area contributed by atoms with E-state index in [1.807, 2.05) is 6.92 Å². The van der Waals surface area contributed by atoms with Gasteiger partial charge in [0.15, 0.2) is 0 Å². The van der Waals surface area contributed by atoms with Gasteiger partial charge in [-0.1, -0.05) is 13.8 Å². The van der Waals surface area contributed by atoms with Gasteiger partial charge in [0.05, 0.1) is 5.60 Å². The van der Waals surface area contributed by atoms with Crippen molar-refractivity contribution in [2.24, 2.45) is 11.1 Å². The molecule has 0 radical (unpaired) electrons. The first-order valence-corrected chi connectivity index (χ1v) is 6.49. The number of rotatable bonds is 5. The fourth-order valence-corrected chi connectivity index (χ4v) is 2.17. The summed E-state index contributed by atoms with van der Waals surface area (Å²) < 4.78 is 0. The van der Waals surface area contributed by atoms with Gasteiger partial charge in [0.25, 0.3) is 0 Å². The Morgan fingerprint density at radius 1 is 1.31 bits per heavy atom. The molecule has 1 saturated heterocycles. The highest BCUT2D eigenvalue weighted by Gasteiger charge is 2.25. The first kappa shape index (κ1) is 13.9. The van der Waals surface area contributed by atoms with Gasteiger partial charge in [-0.3, -0.25) is 0 Å². The van der Waals surface area contributed by atoms with Gasteiger partial charge < -0.3 is 15.7 Å². The lowest BCUT2D eigenvalue weighted by molar-refractivity contribution is 0.0507. The van der Waals surface area contributed by atoms with E-state index in [4.69, 9.17) is 5.73 Å². The molecule has 0 saturated carbocycles. The van der Waals surface area contributed by atoms with Crippen LogP contribution in [-0.2, 0) is 0 Å². The second-order valence-corrected chi connectivity index (χ2v) is 6.31. The smallest absolute Gasteiger partial charge is 0.0741 e. The summed E-state index contributed by atoms with van der Waals surface area (Å²) in [6, 6.07) is 0. The summed E-state index contributed by atoms with van der Waals surface area (Å²) in [5.41, 5.74) is 5.35. The Balaban J connectivity index is 2.16. The lowest BCUT2D eigenvalue weighted by atomic mass is 9.82. The van der Waals surface area contributed by atoms with E-state index in [2.05, 4.69) is 18.7 Å². The zero-order chi connectivity index (χ0) is 12.2. The van der Waals surface area contributed by atoms with Crippen LogP contribution < -0.4 is 5.73 Å². The summed E-state index contributed by atoms with van der Waals surface area (Å²) in [5.74, 6) is 0. The molecule has 96 valence electrons. The van der Waals surface area contributed by atoms with Gasteiger partial charge in [-0.25, -0.2) is 0 Å². The SMILES string of the molecule is CC1(C)CCN(CCCC(C)(O)CN)CC1. The van der Waals surface area contributed by atoms with E-state index < -0.39 is 5.60 Å². The van der Waals surface area contributed by atoms with E-state index in [-0.39, 0.29) is 0 Å². The maximum atomic E-state index is 9.79. The first-order chi connectivity index (χ1) is 7.35. The molecule has 0 aromatic carbocycles. The number of hydrogen-bond acceptors (Lipinski definition) is 3. The van der Waals surface area contributed by atoms with E-state index in [0.717, 1.165) is 19.4 Å². The van der Waals surface area contributed by atoms with Gasteiger partial charge in [0.1, 0.15) is 0 Å². The quantitative estimate of drug-likeness (QED) is 0.751. The molecule has 16 heavy (non-hydrogen) atoms. The van der Waals surface area contributed by atoms with Gasteiger partial charge in [-0.15, -0.1) is 0 Å². The Labute approximate surface area is 100 Å². The van der Waals surface area contributed by atoms with Crippen LogP contribution in [0.1, 0.15) is 46.5 Å². The third-order valence-electron chi connectivity index (χ3n) is 3.84. The Kier molecular flexibility index (Phi) is 4.77. The van der Waals surface area contributed by atoms with Crippen LogP contribution in [0, 0.1) is 5.41 Å². The molecule has 1 fully saturated rings. The molecule has 0 aliphatic carbocycles. The minimum atomic E-state index is -0.672. The number of piperidine rings is 1. The van der Waals surface area contributed by atoms with Crippen LogP contribution >= 0.6 is 0 Å². The molecule has 1 heterocycles. The topological polar surface area (TPSA) is 49.5 Å². The first-order valence-electron chi connectivity index (χ1n) is 6.49. The van der Waals surface area contributed by atoms with E-state index >= 15 is 0 Å². The predicted molar refractivity (Wildman–Crippen MR) is 68.4 cm³/mol. The lowest BCUT2D eigenvalue weighted by Crippen LogP contribution is -2.39. The van der Waals surface area contributed by atoms with Crippen molar-refractivity contribution in [1.29, 1.82) is 0 Å². The molecule has 1 aliphatic heterocycles. The van der Waals surface area contributed by atoms with Crippen molar-refractivity contribution in [3.05, 3.63) is 0 Å². The van der Waals surface area contributed by atoms with Crippen molar-refractivity contribution in [2.75, 3.05) is 26.2 Å². The van der Waals surface area contributed by atoms with Crippen molar-refractivity contribution in [2.45, 2.75) is 52.1 Å². The molecule has 1 aliphatic rings. The van der Waals surface area contributed by atoms with Crippen molar-refractivity contribution >= 4 is 0 Å². The summed E-state index contributed by atoms with van der Waals surface area (Å²) in [6.07, 6.45) is 4.44. The molecule has 1 atom stereocenters. The molecule has 3 nitrogen and oxygen atoms in total. The Morgan fingerprint density at radius 3 is 2.38 bits per heavy atom. The summed E-state index contributed by atoms with van der Waals surface area (Å²) in [5, 5.41) is 9.79. The summed E-state index contributed by atoms with van der Waals surface area (Å²) in [7, 11) is 0. The van der Waals surface area contributed by atoms with Crippen molar-refractivity contribution in [3.8, 4) is 0 Å². The standard InChI is InChI=1S/C13H28N2O/c1-12(2)6-9-15(10-7-12)8-4-5-13(3,16)11-14/h16H,4-11,14H2,1-3H3. The fraction of sp³-hybridized carbons (Fsp3) is 1.00. The second kappa shape index (κ2) is 5.48. The second-order valence-electron chi connectivity index (χ2n) is 6.31. The van der Waals surface area contributed by atoms with Crippen LogP contribution in [0.3, 0.4) is 0 Å². The molecule has 0 aromatic rings. The van der Waals surface area contributed by atoms with Gasteiger partial charge in [-0.2, -0.15) is 0 Å². The van der Waals surface area contributed by atoms with Crippen molar-refractivity contribution in [1.82, 2.24) is 4.90 Å². The molecule has 0 aromatic heterocycles. The maximum Gasteiger partial charge on any atom is 0.0741 e. The minimum absolute atomic E-state index is 0.361.